The highest BCUT2D eigenvalue weighted by Crippen LogP contribution is 2.18. The quantitative estimate of drug-likeness (QED) is 0.785. The molecule has 6 nitrogen and oxygen atoms in total. The molecule has 0 bridgehead atoms. The molecule has 0 amide bonds. The van der Waals surface area contributed by atoms with Gasteiger partial charge in [-0.2, -0.15) is 0 Å². The summed E-state index contributed by atoms with van der Waals surface area (Å²) in [6.07, 6.45) is 1.81. The molecule has 0 saturated carbocycles. The van der Waals surface area contributed by atoms with Gasteiger partial charge in [-0.25, -0.2) is 9.78 Å². The number of ether oxygens (including phenoxy) is 2. The van der Waals surface area contributed by atoms with Crippen LogP contribution in [0.4, 0.5) is 5.13 Å². The summed E-state index contributed by atoms with van der Waals surface area (Å²) in [5.74, 6) is 0.250. The summed E-state index contributed by atoms with van der Waals surface area (Å²) in [6, 6.07) is 7.64. The third-order valence-electron chi connectivity index (χ3n) is 2.96. The van der Waals surface area contributed by atoms with Crippen molar-refractivity contribution in [1.29, 1.82) is 0 Å². The van der Waals surface area contributed by atoms with Gasteiger partial charge in [0.15, 0.2) is 11.7 Å². The molecule has 118 valence electrons. The fraction of sp³-hybridized carbons (Fsp3) is 0.333. The normalized spacial score (nSPS) is 10.7. The first-order chi connectivity index (χ1) is 10.6. The summed E-state index contributed by atoms with van der Waals surface area (Å²) >= 11 is 1.50. The van der Waals surface area contributed by atoms with Gasteiger partial charge in [0.25, 0.3) is 0 Å². The number of nitrogens with two attached hydrogens (primary N) is 1. The van der Waals surface area contributed by atoms with Crippen molar-refractivity contribution in [2.24, 2.45) is 0 Å². The van der Waals surface area contributed by atoms with Crippen molar-refractivity contribution in [3.05, 3.63) is 40.9 Å². The van der Waals surface area contributed by atoms with Gasteiger partial charge in [-0.05, 0) is 24.7 Å². The van der Waals surface area contributed by atoms with Crippen LogP contribution in [0.15, 0.2) is 30.5 Å². The lowest BCUT2D eigenvalue weighted by molar-refractivity contribution is -0.142. The third-order valence-corrected chi connectivity index (χ3v) is 3.77. The number of thiazole rings is 1. The van der Waals surface area contributed by atoms with E-state index in [0.717, 1.165) is 23.5 Å². The molecule has 0 spiro atoms. The lowest BCUT2D eigenvalue weighted by Crippen LogP contribution is -2.16. The van der Waals surface area contributed by atoms with Gasteiger partial charge in [0.1, 0.15) is 5.75 Å². The number of hydrogen-bond donors (Lipinski definition) is 1. The maximum Gasteiger partial charge on any atom is 0.343 e. The third kappa shape index (κ3) is 5.01. The summed E-state index contributed by atoms with van der Waals surface area (Å²) in [7, 11) is 3.37. The van der Waals surface area contributed by atoms with E-state index in [0.29, 0.717) is 10.9 Å². The molecular formula is C15H19N3O3S. The smallest absolute Gasteiger partial charge is 0.343 e. The van der Waals surface area contributed by atoms with Crippen molar-refractivity contribution in [3.8, 4) is 5.75 Å². The zero-order valence-corrected chi connectivity index (χ0v) is 13.4. The van der Waals surface area contributed by atoms with E-state index in [2.05, 4.69) is 14.6 Å². The lowest BCUT2D eigenvalue weighted by atomic mass is 10.2. The molecule has 0 atom stereocenters. The van der Waals surface area contributed by atoms with Crippen molar-refractivity contribution in [2.75, 3.05) is 26.5 Å². The van der Waals surface area contributed by atoms with Gasteiger partial charge < -0.3 is 15.2 Å². The second-order valence-electron chi connectivity index (χ2n) is 4.85. The molecule has 22 heavy (non-hydrogen) atoms. The van der Waals surface area contributed by atoms with E-state index < -0.39 is 5.97 Å². The standard InChI is InChI=1S/C15H19N3O3S/c1-18(9-13-7-17-15(16)22-13)8-11-3-5-12(6-4-11)21-10-14(19)20-2/h3-7H,8-10H2,1-2H3,(H2,16,17). The Kier molecular flexibility index (Phi) is 5.74. The molecule has 0 fully saturated rings. The molecule has 2 N–H and O–H groups in total. The predicted octanol–water partition coefficient (Wildman–Crippen LogP) is 1.91. The Morgan fingerprint density at radius 2 is 2.05 bits per heavy atom. The number of esters is 1. The number of rotatable bonds is 7. The second-order valence-corrected chi connectivity index (χ2v) is 5.99. The molecular weight excluding hydrogens is 302 g/mol. The van der Waals surface area contributed by atoms with Gasteiger partial charge in [0.2, 0.25) is 0 Å². The van der Waals surface area contributed by atoms with Crippen molar-refractivity contribution < 1.29 is 14.3 Å². The van der Waals surface area contributed by atoms with Crippen LogP contribution in [0.1, 0.15) is 10.4 Å². The molecule has 2 aromatic rings. The van der Waals surface area contributed by atoms with E-state index >= 15 is 0 Å². The lowest BCUT2D eigenvalue weighted by Gasteiger charge is -2.15. The van der Waals surface area contributed by atoms with Crippen LogP contribution in [0.5, 0.6) is 5.75 Å². The number of methoxy groups -OCH3 is 1. The average Bonchev–Trinajstić information content (AvgIpc) is 2.91. The maximum absolute atomic E-state index is 11.0. The van der Waals surface area contributed by atoms with Crippen LogP contribution in [0.25, 0.3) is 0 Å². The minimum Gasteiger partial charge on any atom is -0.482 e. The van der Waals surface area contributed by atoms with Crippen molar-refractivity contribution >= 4 is 22.4 Å². The van der Waals surface area contributed by atoms with E-state index in [9.17, 15) is 4.79 Å². The van der Waals surface area contributed by atoms with Gasteiger partial charge in [-0.3, -0.25) is 4.90 Å². The number of hydrogen-bond acceptors (Lipinski definition) is 7. The van der Waals surface area contributed by atoms with Crippen molar-refractivity contribution in [1.82, 2.24) is 9.88 Å². The van der Waals surface area contributed by atoms with E-state index in [1.807, 2.05) is 31.3 Å². The number of aromatic nitrogens is 1. The molecule has 1 aromatic heterocycles. The van der Waals surface area contributed by atoms with Gasteiger partial charge in [0.05, 0.1) is 7.11 Å². The second kappa shape index (κ2) is 7.77. The molecule has 0 saturated heterocycles. The Bertz CT molecular complexity index is 613. The van der Waals surface area contributed by atoms with E-state index in [4.69, 9.17) is 10.5 Å². The molecule has 2 rings (SSSR count). The Balaban J connectivity index is 1.83. The minimum atomic E-state index is -0.396. The molecule has 0 unspecified atom stereocenters. The molecule has 1 heterocycles. The van der Waals surface area contributed by atoms with Crippen LogP contribution < -0.4 is 10.5 Å². The Morgan fingerprint density at radius 1 is 1.32 bits per heavy atom. The van der Waals surface area contributed by atoms with Crippen LogP contribution in [0.2, 0.25) is 0 Å². The van der Waals surface area contributed by atoms with Gasteiger partial charge in [-0.1, -0.05) is 12.1 Å². The molecule has 0 radical (unpaired) electrons. The highest BCUT2D eigenvalue weighted by atomic mass is 32.1. The molecule has 0 aliphatic rings. The van der Waals surface area contributed by atoms with Crippen LogP contribution >= 0.6 is 11.3 Å². The maximum atomic E-state index is 11.0. The topological polar surface area (TPSA) is 77.7 Å². The van der Waals surface area contributed by atoms with Crippen LogP contribution in [-0.4, -0.2) is 36.6 Å². The minimum absolute atomic E-state index is 0.0808. The fourth-order valence-corrected chi connectivity index (χ4v) is 2.69. The zero-order chi connectivity index (χ0) is 15.9. The molecule has 0 aliphatic carbocycles. The summed E-state index contributed by atoms with van der Waals surface area (Å²) in [4.78, 5) is 18.4. The first kappa shape index (κ1) is 16.3. The van der Waals surface area contributed by atoms with E-state index in [-0.39, 0.29) is 6.61 Å². The number of carbonyl (C=O) groups is 1. The Hall–Kier alpha value is -2.12. The SMILES string of the molecule is COC(=O)COc1ccc(CN(C)Cc2cnc(N)s2)cc1. The van der Waals surface area contributed by atoms with E-state index in [1.165, 1.54) is 18.4 Å². The number of carbonyl (C=O) groups excluding carboxylic acids is 1. The molecule has 0 aliphatic heterocycles. The van der Waals surface area contributed by atoms with Gasteiger partial charge >= 0.3 is 5.97 Å². The van der Waals surface area contributed by atoms with E-state index in [1.54, 1.807) is 6.20 Å². The largest absolute Gasteiger partial charge is 0.482 e. The highest BCUT2D eigenvalue weighted by molar-refractivity contribution is 7.15. The highest BCUT2D eigenvalue weighted by Gasteiger charge is 2.06. The van der Waals surface area contributed by atoms with Crippen LogP contribution in [0, 0.1) is 0 Å². The van der Waals surface area contributed by atoms with Crippen molar-refractivity contribution in [3.63, 3.8) is 0 Å². The van der Waals surface area contributed by atoms with Gasteiger partial charge in [0, 0.05) is 24.2 Å². The molecule has 7 heteroatoms. The number of nitrogen functional groups attached to an aromatic ring is 1. The average molecular weight is 321 g/mol. The first-order valence-corrected chi connectivity index (χ1v) is 7.55. The zero-order valence-electron chi connectivity index (χ0n) is 12.6. The monoisotopic (exact) mass is 321 g/mol. The fourth-order valence-electron chi connectivity index (χ4n) is 1.92. The summed E-state index contributed by atoms with van der Waals surface area (Å²) in [5, 5.41) is 0.593. The first-order valence-electron chi connectivity index (χ1n) is 6.74. The number of anilines is 1. The predicted molar refractivity (Wildman–Crippen MR) is 85.7 cm³/mol. The Labute approximate surface area is 133 Å². The Morgan fingerprint density at radius 3 is 2.64 bits per heavy atom. The molecule has 1 aromatic carbocycles. The van der Waals surface area contributed by atoms with Gasteiger partial charge in [-0.15, -0.1) is 11.3 Å². The van der Waals surface area contributed by atoms with Crippen LogP contribution in [0.3, 0.4) is 0 Å². The summed E-state index contributed by atoms with van der Waals surface area (Å²) in [5.41, 5.74) is 6.78. The number of nitrogens with zero attached hydrogens (tertiary/aromatic N) is 2. The van der Waals surface area contributed by atoms with Crippen molar-refractivity contribution in [2.45, 2.75) is 13.1 Å². The summed E-state index contributed by atoms with van der Waals surface area (Å²) < 4.78 is 9.83. The number of benzene rings is 1. The van der Waals surface area contributed by atoms with Crippen LogP contribution in [-0.2, 0) is 22.6 Å². The summed E-state index contributed by atoms with van der Waals surface area (Å²) in [6.45, 7) is 1.52.